The summed E-state index contributed by atoms with van der Waals surface area (Å²) in [5.41, 5.74) is 2.28. The minimum atomic E-state index is 0.775. The van der Waals surface area contributed by atoms with Crippen LogP contribution in [-0.4, -0.2) is 57.6 Å². The molecule has 22 heavy (non-hydrogen) atoms. The van der Waals surface area contributed by atoms with Gasteiger partial charge in [-0.3, -0.25) is 0 Å². The van der Waals surface area contributed by atoms with Crippen LogP contribution in [0, 0.1) is 0 Å². The van der Waals surface area contributed by atoms with E-state index in [-0.39, 0.29) is 0 Å². The third-order valence-corrected chi connectivity index (χ3v) is 4.35. The molecule has 2 aliphatic heterocycles. The fourth-order valence-electron chi connectivity index (χ4n) is 3.14. The van der Waals surface area contributed by atoms with Crippen LogP contribution in [0.1, 0.15) is 0 Å². The molecule has 0 atom stereocenters. The first-order chi connectivity index (χ1) is 10.9. The van der Waals surface area contributed by atoms with Crippen LogP contribution in [0.25, 0.3) is 10.9 Å². The van der Waals surface area contributed by atoms with Gasteiger partial charge in [-0.05, 0) is 12.1 Å². The number of aromatic nitrogens is 1. The van der Waals surface area contributed by atoms with Gasteiger partial charge in [0.2, 0.25) is 0 Å². The lowest BCUT2D eigenvalue weighted by molar-refractivity contribution is 0.120. The number of benzene rings is 1. The van der Waals surface area contributed by atoms with E-state index in [4.69, 9.17) is 14.5 Å². The molecule has 0 aliphatic carbocycles. The van der Waals surface area contributed by atoms with E-state index in [0.29, 0.717) is 0 Å². The lowest BCUT2D eigenvalue weighted by Gasteiger charge is -2.35. The molecule has 0 unspecified atom stereocenters. The maximum absolute atomic E-state index is 5.50. The summed E-state index contributed by atoms with van der Waals surface area (Å²) in [4.78, 5) is 9.71. The third kappa shape index (κ3) is 2.62. The Morgan fingerprint density at radius 2 is 1.45 bits per heavy atom. The van der Waals surface area contributed by atoms with Crippen LogP contribution in [0.3, 0.4) is 0 Å². The minimum absolute atomic E-state index is 0.775. The van der Waals surface area contributed by atoms with Gasteiger partial charge in [-0.2, -0.15) is 0 Å². The average molecular weight is 299 g/mol. The maximum Gasteiger partial charge on any atom is 0.153 e. The summed E-state index contributed by atoms with van der Waals surface area (Å²) in [7, 11) is 0. The fourth-order valence-corrected chi connectivity index (χ4v) is 3.14. The van der Waals surface area contributed by atoms with Crippen molar-refractivity contribution in [1.29, 1.82) is 0 Å². The zero-order valence-corrected chi connectivity index (χ0v) is 12.7. The molecule has 0 radical (unpaired) electrons. The largest absolute Gasteiger partial charge is 0.378 e. The molecule has 5 nitrogen and oxygen atoms in total. The molecule has 0 saturated carbocycles. The van der Waals surface area contributed by atoms with E-state index < -0.39 is 0 Å². The smallest absolute Gasteiger partial charge is 0.153 e. The molecule has 4 rings (SSSR count). The Kier molecular flexibility index (Phi) is 3.83. The van der Waals surface area contributed by atoms with Crippen molar-refractivity contribution in [3.05, 3.63) is 30.3 Å². The zero-order valence-electron chi connectivity index (χ0n) is 12.7. The van der Waals surface area contributed by atoms with Crippen LogP contribution in [0.4, 0.5) is 11.5 Å². The van der Waals surface area contributed by atoms with E-state index in [1.165, 1.54) is 11.1 Å². The highest BCUT2D eigenvalue weighted by Crippen LogP contribution is 2.32. The van der Waals surface area contributed by atoms with Crippen molar-refractivity contribution in [2.75, 3.05) is 62.4 Å². The van der Waals surface area contributed by atoms with Crippen LogP contribution < -0.4 is 9.80 Å². The number of pyridine rings is 1. The molecule has 116 valence electrons. The second-order valence-corrected chi connectivity index (χ2v) is 5.72. The molecule has 3 heterocycles. The topological polar surface area (TPSA) is 37.8 Å². The van der Waals surface area contributed by atoms with Crippen molar-refractivity contribution in [3.8, 4) is 0 Å². The van der Waals surface area contributed by atoms with Crippen molar-refractivity contribution < 1.29 is 9.47 Å². The molecule has 1 aromatic heterocycles. The number of rotatable bonds is 2. The van der Waals surface area contributed by atoms with E-state index in [9.17, 15) is 0 Å². The Bertz CT molecular complexity index is 593. The number of morpholine rings is 2. The van der Waals surface area contributed by atoms with Crippen LogP contribution in [0.5, 0.6) is 0 Å². The molecule has 2 aliphatic rings. The Hall–Kier alpha value is -1.85. The van der Waals surface area contributed by atoms with Crippen molar-refractivity contribution >= 4 is 22.4 Å². The van der Waals surface area contributed by atoms with Gasteiger partial charge < -0.3 is 19.3 Å². The molecule has 0 spiro atoms. The minimum Gasteiger partial charge on any atom is -0.378 e. The third-order valence-electron chi connectivity index (χ3n) is 4.35. The second-order valence-electron chi connectivity index (χ2n) is 5.72. The Labute approximate surface area is 130 Å². The molecular weight excluding hydrogens is 278 g/mol. The summed E-state index contributed by atoms with van der Waals surface area (Å²) >= 11 is 0. The SMILES string of the molecule is c1ccc2nc(N3CCOCC3)c(N3CCOCC3)cc2c1. The van der Waals surface area contributed by atoms with Crippen molar-refractivity contribution in [3.63, 3.8) is 0 Å². The summed E-state index contributed by atoms with van der Waals surface area (Å²) in [5, 5.41) is 1.20. The highest BCUT2D eigenvalue weighted by Gasteiger charge is 2.22. The number of nitrogens with zero attached hydrogens (tertiary/aromatic N) is 3. The maximum atomic E-state index is 5.50. The quantitative estimate of drug-likeness (QED) is 0.847. The molecule has 2 saturated heterocycles. The van der Waals surface area contributed by atoms with Gasteiger partial charge in [0.1, 0.15) is 0 Å². The number of fused-ring (bicyclic) bond motifs is 1. The second kappa shape index (κ2) is 6.10. The summed E-state index contributed by atoms with van der Waals surface area (Å²) in [5.74, 6) is 1.09. The highest BCUT2D eigenvalue weighted by atomic mass is 16.5. The number of hydrogen-bond donors (Lipinski definition) is 0. The average Bonchev–Trinajstić information content (AvgIpc) is 2.62. The zero-order chi connectivity index (χ0) is 14.8. The monoisotopic (exact) mass is 299 g/mol. The summed E-state index contributed by atoms with van der Waals surface area (Å²) < 4.78 is 11.0. The van der Waals surface area contributed by atoms with Gasteiger partial charge in [0, 0.05) is 31.6 Å². The Morgan fingerprint density at radius 3 is 2.18 bits per heavy atom. The van der Waals surface area contributed by atoms with E-state index in [1.807, 2.05) is 6.07 Å². The highest BCUT2D eigenvalue weighted by molar-refractivity contribution is 5.87. The molecule has 1 aromatic carbocycles. The van der Waals surface area contributed by atoms with Crippen LogP contribution >= 0.6 is 0 Å². The van der Waals surface area contributed by atoms with Gasteiger partial charge in [0.05, 0.1) is 37.6 Å². The molecular formula is C17H21N3O2. The van der Waals surface area contributed by atoms with Crippen molar-refractivity contribution in [2.24, 2.45) is 0 Å². The molecule has 0 N–H and O–H groups in total. The molecule has 2 fully saturated rings. The van der Waals surface area contributed by atoms with Gasteiger partial charge in [0.15, 0.2) is 5.82 Å². The van der Waals surface area contributed by atoms with Gasteiger partial charge in [-0.25, -0.2) is 4.98 Å². The van der Waals surface area contributed by atoms with E-state index in [1.54, 1.807) is 0 Å². The lowest BCUT2D eigenvalue weighted by atomic mass is 10.1. The van der Waals surface area contributed by atoms with E-state index >= 15 is 0 Å². The molecule has 2 aromatic rings. The van der Waals surface area contributed by atoms with Gasteiger partial charge in [0.25, 0.3) is 0 Å². The number of para-hydroxylation sites is 1. The number of hydrogen-bond acceptors (Lipinski definition) is 5. The number of ether oxygens (including phenoxy) is 2. The first-order valence-electron chi connectivity index (χ1n) is 7.97. The lowest BCUT2D eigenvalue weighted by Crippen LogP contribution is -2.40. The molecule has 5 heteroatoms. The first-order valence-corrected chi connectivity index (χ1v) is 7.97. The first kappa shape index (κ1) is 13.8. The van der Waals surface area contributed by atoms with Gasteiger partial charge >= 0.3 is 0 Å². The summed E-state index contributed by atoms with van der Waals surface area (Å²) in [6.07, 6.45) is 0. The van der Waals surface area contributed by atoms with Crippen molar-refractivity contribution in [2.45, 2.75) is 0 Å². The van der Waals surface area contributed by atoms with Crippen molar-refractivity contribution in [1.82, 2.24) is 4.98 Å². The van der Waals surface area contributed by atoms with Gasteiger partial charge in [-0.15, -0.1) is 0 Å². The summed E-state index contributed by atoms with van der Waals surface area (Å²) in [6.45, 7) is 6.79. The van der Waals surface area contributed by atoms with Crippen LogP contribution in [-0.2, 0) is 9.47 Å². The van der Waals surface area contributed by atoms with Crippen LogP contribution in [0.15, 0.2) is 30.3 Å². The summed E-state index contributed by atoms with van der Waals surface area (Å²) in [6, 6.07) is 10.6. The number of anilines is 2. The molecule has 0 bridgehead atoms. The standard InChI is InChI=1S/C17H21N3O2/c1-2-4-15-14(3-1)13-16(19-5-9-21-10-6-19)17(18-15)20-7-11-22-12-8-20/h1-4,13H,5-12H2. The van der Waals surface area contributed by atoms with Crippen LogP contribution in [0.2, 0.25) is 0 Å². The van der Waals surface area contributed by atoms with E-state index in [0.717, 1.165) is 63.9 Å². The predicted octanol–water partition coefficient (Wildman–Crippen LogP) is 1.91. The fraction of sp³-hybridized carbons (Fsp3) is 0.471. The Balaban J connectivity index is 1.79. The van der Waals surface area contributed by atoms with E-state index in [2.05, 4.69) is 34.1 Å². The Morgan fingerprint density at radius 1 is 0.818 bits per heavy atom. The van der Waals surface area contributed by atoms with Gasteiger partial charge in [-0.1, -0.05) is 18.2 Å². The normalized spacial score (nSPS) is 19.6. The predicted molar refractivity (Wildman–Crippen MR) is 87.8 cm³/mol. The molecule has 0 amide bonds.